The lowest BCUT2D eigenvalue weighted by atomic mass is 10.0. The molecule has 13 nitrogen and oxygen atoms in total. The van der Waals surface area contributed by atoms with Gasteiger partial charge in [-0.2, -0.15) is 4.98 Å². The van der Waals surface area contributed by atoms with Crippen LogP contribution in [-0.4, -0.2) is 108 Å². The first-order chi connectivity index (χ1) is 22.0. The Labute approximate surface area is 267 Å². The lowest BCUT2D eigenvalue weighted by molar-refractivity contribution is 0.0296. The van der Waals surface area contributed by atoms with E-state index in [1.165, 1.54) is 12.1 Å². The Morgan fingerprint density at radius 2 is 1.89 bits per heavy atom. The summed E-state index contributed by atoms with van der Waals surface area (Å²) < 4.78 is 33.3. The second-order valence-corrected chi connectivity index (χ2v) is 12.8. The number of aromatic nitrogens is 2. The van der Waals surface area contributed by atoms with Crippen LogP contribution in [0.1, 0.15) is 63.7 Å². The van der Waals surface area contributed by atoms with E-state index in [2.05, 4.69) is 10.6 Å². The van der Waals surface area contributed by atoms with Crippen molar-refractivity contribution < 1.29 is 33.0 Å². The first-order valence-corrected chi connectivity index (χ1v) is 16.1. The van der Waals surface area contributed by atoms with Crippen LogP contribution >= 0.6 is 0 Å². The average molecular weight is 640 g/mol. The second kappa shape index (κ2) is 12.9. The lowest BCUT2D eigenvalue weighted by Gasteiger charge is -2.33. The van der Waals surface area contributed by atoms with Gasteiger partial charge in [0, 0.05) is 38.3 Å². The number of fused-ring (bicyclic) bond motifs is 3. The third kappa shape index (κ3) is 6.53. The number of hydrogen-bond acceptors (Lipinski definition) is 9. The van der Waals surface area contributed by atoms with Gasteiger partial charge < -0.3 is 39.5 Å². The van der Waals surface area contributed by atoms with Gasteiger partial charge in [0.05, 0.1) is 42.8 Å². The molecule has 2 bridgehead atoms. The topological polar surface area (TPSA) is 138 Å². The van der Waals surface area contributed by atoms with Crippen LogP contribution in [-0.2, 0) is 9.47 Å². The highest BCUT2D eigenvalue weighted by molar-refractivity contribution is 6.03. The number of carbonyl (C=O) groups excluding carboxylic acids is 3. The number of benzene rings is 1. The summed E-state index contributed by atoms with van der Waals surface area (Å²) in [5.74, 6) is -0.558. The molecule has 3 atom stereocenters. The molecule has 0 spiro atoms. The Morgan fingerprint density at radius 1 is 1.13 bits per heavy atom. The van der Waals surface area contributed by atoms with E-state index in [1.807, 2.05) is 18.7 Å². The summed E-state index contributed by atoms with van der Waals surface area (Å²) in [4.78, 5) is 54.4. The first kappa shape index (κ1) is 31.8. The minimum Gasteiger partial charge on any atom is -0.469 e. The highest BCUT2D eigenvalue weighted by Crippen LogP contribution is 2.38. The maximum atomic E-state index is 15.5. The number of ether oxygens (including phenoxy) is 3. The minimum absolute atomic E-state index is 0.00884. The van der Waals surface area contributed by atoms with Crippen LogP contribution in [0.25, 0.3) is 11.3 Å². The van der Waals surface area contributed by atoms with E-state index in [0.717, 1.165) is 25.7 Å². The molecule has 14 heteroatoms. The maximum Gasteiger partial charge on any atom is 0.410 e. The number of amides is 4. The molecule has 2 aromatic rings. The molecule has 1 aromatic heterocycles. The van der Waals surface area contributed by atoms with Crippen molar-refractivity contribution in [1.82, 2.24) is 25.1 Å². The van der Waals surface area contributed by atoms with Crippen molar-refractivity contribution in [1.29, 1.82) is 0 Å². The fourth-order valence-corrected chi connectivity index (χ4v) is 6.77. The van der Waals surface area contributed by atoms with Crippen LogP contribution in [0.3, 0.4) is 0 Å². The summed E-state index contributed by atoms with van der Waals surface area (Å²) in [6, 6.07) is 3.56. The molecule has 2 N–H and O–H groups in total. The molecule has 4 amide bonds. The molecule has 46 heavy (non-hydrogen) atoms. The van der Waals surface area contributed by atoms with E-state index in [4.69, 9.17) is 24.2 Å². The zero-order chi connectivity index (χ0) is 32.6. The number of urea groups is 1. The fraction of sp³-hybridized carbons (Fsp3) is 0.594. The second-order valence-electron chi connectivity index (χ2n) is 12.8. The van der Waals surface area contributed by atoms with E-state index in [9.17, 15) is 14.4 Å². The summed E-state index contributed by atoms with van der Waals surface area (Å²) in [7, 11) is 0. The lowest BCUT2D eigenvalue weighted by Crippen LogP contribution is -2.49. The van der Waals surface area contributed by atoms with Gasteiger partial charge in [-0.05, 0) is 65.5 Å². The first-order valence-electron chi connectivity index (χ1n) is 16.1. The largest absolute Gasteiger partial charge is 0.469 e. The van der Waals surface area contributed by atoms with Crippen molar-refractivity contribution in [2.24, 2.45) is 0 Å². The van der Waals surface area contributed by atoms with E-state index >= 15 is 4.39 Å². The summed E-state index contributed by atoms with van der Waals surface area (Å²) in [6.45, 7) is 10.2. The van der Waals surface area contributed by atoms with Gasteiger partial charge in [-0.15, -0.1) is 0 Å². The summed E-state index contributed by atoms with van der Waals surface area (Å²) in [5.41, 5.74) is -0.169. The number of rotatable bonds is 7. The third-order valence-electron chi connectivity index (χ3n) is 8.77. The summed E-state index contributed by atoms with van der Waals surface area (Å²) >= 11 is 0. The predicted octanol–water partition coefficient (Wildman–Crippen LogP) is 4.03. The normalized spacial score (nSPS) is 23.5. The molecule has 4 aliphatic heterocycles. The molecule has 248 valence electrons. The monoisotopic (exact) mass is 639 g/mol. The molecular formula is C32H42FN7O6. The minimum atomic E-state index is -0.840. The molecule has 3 fully saturated rings. The van der Waals surface area contributed by atoms with Crippen molar-refractivity contribution in [3.05, 3.63) is 29.6 Å². The Bertz CT molecular complexity index is 1490. The van der Waals surface area contributed by atoms with Crippen molar-refractivity contribution in [2.45, 2.75) is 77.2 Å². The maximum absolute atomic E-state index is 15.5. The van der Waals surface area contributed by atoms with E-state index < -0.39 is 23.5 Å². The van der Waals surface area contributed by atoms with Gasteiger partial charge in [-0.25, -0.2) is 19.0 Å². The molecule has 1 aromatic carbocycles. The molecule has 5 heterocycles. The van der Waals surface area contributed by atoms with Crippen molar-refractivity contribution in [2.75, 3.05) is 56.1 Å². The summed E-state index contributed by atoms with van der Waals surface area (Å²) in [6.07, 6.45) is 3.15. The quantitative estimate of drug-likeness (QED) is 0.460. The standard InChI is InChI=1S/C32H42FN7O6/c1-5-34-30(42)35-24-12-9-19(14-23(24)33)26-25-27(37-29(36-26)38-16-21-10-11-22(17-38)45-21)46-32(3,4)18-39(28(25)41)15-20-8-7-13-40(20)31(43)44-6-2/h9,12,14,20-22H,5-8,10-11,13,15-18H2,1-4H3,(H2,34,35,42). The Hall–Kier alpha value is -4.20. The number of nitrogens with one attached hydrogen (secondary N) is 2. The zero-order valence-electron chi connectivity index (χ0n) is 26.8. The van der Waals surface area contributed by atoms with Crippen LogP contribution in [0.5, 0.6) is 5.88 Å². The van der Waals surface area contributed by atoms with E-state index in [1.54, 1.807) is 29.7 Å². The number of nitrogens with zero attached hydrogens (tertiary/aromatic N) is 5. The average Bonchev–Trinajstić information content (AvgIpc) is 3.59. The molecule has 3 saturated heterocycles. The van der Waals surface area contributed by atoms with Crippen molar-refractivity contribution in [3.8, 4) is 17.1 Å². The SMILES string of the molecule is CCNC(=O)Nc1ccc(-c2nc(N3CC4CCC(C3)O4)nc3c2C(=O)N(CC2CCCN2C(=O)OCC)CC(C)(C)O3)cc1F. The van der Waals surface area contributed by atoms with Crippen molar-refractivity contribution in [3.63, 3.8) is 0 Å². The van der Waals surface area contributed by atoms with Crippen LogP contribution in [0, 0.1) is 5.82 Å². The molecule has 0 radical (unpaired) electrons. The van der Waals surface area contributed by atoms with Gasteiger partial charge in [0.2, 0.25) is 11.8 Å². The van der Waals surface area contributed by atoms with Gasteiger partial charge in [0.25, 0.3) is 5.91 Å². The van der Waals surface area contributed by atoms with Gasteiger partial charge in [-0.1, -0.05) is 6.07 Å². The van der Waals surface area contributed by atoms with Crippen LogP contribution in [0.15, 0.2) is 18.2 Å². The molecule has 0 saturated carbocycles. The molecule has 4 aliphatic rings. The van der Waals surface area contributed by atoms with Crippen LogP contribution in [0.4, 0.5) is 25.6 Å². The number of halogens is 1. The molecule has 3 unspecified atom stereocenters. The Kier molecular flexibility index (Phi) is 8.90. The third-order valence-corrected chi connectivity index (χ3v) is 8.77. The van der Waals surface area contributed by atoms with Crippen molar-refractivity contribution >= 4 is 29.7 Å². The highest BCUT2D eigenvalue weighted by Gasteiger charge is 2.42. The smallest absolute Gasteiger partial charge is 0.410 e. The zero-order valence-corrected chi connectivity index (χ0v) is 26.8. The molecule has 6 rings (SSSR count). The number of carbonyl (C=O) groups is 3. The van der Waals surface area contributed by atoms with E-state index in [0.29, 0.717) is 37.7 Å². The van der Waals surface area contributed by atoms with Crippen LogP contribution in [0.2, 0.25) is 0 Å². The fourth-order valence-electron chi connectivity index (χ4n) is 6.77. The van der Waals surface area contributed by atoms with Gasteiger partial charge in [0.15, 0.2) is 0 Å². The van der Waals surface area contributed by atoms with Gasteiger partial charge >= 0.3 is 12.1 Å². The summed E-state index contributed by atoms with van der Waals surface area (Å²) in [5, 5.41) is 5.09. The van der Waals surface area contributed by atoms with E-state index in [-0.39, 0.29) is 66.7 Å². The van der Waals surface area contributed by atoms with Gasteiger partial charge in [-0.3, -0.25) is 4.79 Å². The Morgan fingerprint density at radius 3 is 2.59 bits per heavy atom. The highest BCUT2D eigenvalue weighted by atomic mass is 19.1. The predicted molar refractivity (Wildman–Crippen MR) is 168 cm³/mol. The number of likely N-dealkylation sites (tertiary alicyclic amines) is 1. The molecular weight excluding hydrogens is 597 g/mol. The Balaban J connectivity index is 1.41. The number of anilines is 2. The number of hydrogen-bond donors (Lipinski definition) is 2. The molecule has 0 aliphatic carbocycles. The van der Waals surface area contributed by atoms with Crippen LogP contribution < -0.4 is 20.3 Å². The van der Waals surface area contributed by atoms with Gasteiger partial charge in [0.1, 0.15) is 17.0 Å². The number of morpholine rings is 1.